The molecule has 2 fully saturated rings. The Balaban J connectivity index is 1.43. The fraction of sp³-hybridized carbons (Fsp3) is 0.609. The smallest absolute Gasteiger partial charge is 0.369 e. The molecule has 32 heavy (non-hydrogen) atoms. The molecule has 1 aromatic rings. The van der Waals surface area contributed by atoms with Crippen LogP contribution < -0.4 is 10.2 Å². The van der Waals surface area contributed by atoms with E-state index >= 15 is 0 Å². The summed E-state index contributed by atoms with van der Waals surface area (Å²) in [5, 5.41) is 20.6. The molecule has 1 aliphatic heterocycles. The Morgan fingerprint density at radius 1 is 1.06 bits per heavy atom. The van der Waals surface area contributed by atoms with Gasteiger partial charge in [0.05, 0.1) is 23.3 Å². The summed E-state index contributed by atoms with van der Waals surface area (Å²) in [6, 6.07) is 7.41. The van der Waals surface area contributed by atoms with Gasteiger partial charge in [0.15, 0.2) is 0 Å². The van der Waals surface area contributed by atoms with E-state index < -0.39 is 11.7 Å². The molecular formula is C23H28F3N5O. The first kappa shape index (κ1) is 23.9. The summed E-state index contributed by atoms with van der Waals surface area (Å²) in [5.41, 5.74) is -0.308. The summed E-state index contributed by atoms with van der Waals surface area (Å²) in [6.07, 6.45) is 0.488. The molecule has 2 aliphatic rings. The van der Waals surface area contributed by atoms with E-state index in [-0.39, 0.29) is 23.9 Å². The van der Waals surface area contributed by atoms with Crippen LogP contribution in [0.1, 0.15) is 49.7 Å². The van der Waals surface area contributed by atoms with Gasteiger partial charge in [-0.3, -0.25) is 9.69 Å². The Bertz CT molecular complexity index is 873. The van der Waals surface area contributed by atoms with Crippen LogP contribution in [0.5, 0.6) is 0 Å². The number of halogens is 3. The second-order valence-corrected chi connectivity index (χ2v) is 8.62. The largest absolute Gasteiger partial charge is 0.416 e. The minimum atomic E-state index is -4.47. The van der Waals surface area contributed by atoms with Gasteiger partial charge in [-0.2, -0.15) is 23.7 Å². The van der Waals surface area contributed by atoms with Gasteiger partial charge in [-0.1, -0.05) is 0 Å². The van der Waals surface area contributed by atoms with Crippen molar-refractivity contribution in [1.29, 1.82) is 10.5 Å². The standard InChI is InChI=1S/C23H28F3N5O/c24-23(25,26)19-13-18(16-28)14-21(15-19)31-11-9-30(10-12-31)8-6-17-1-3-20(4-2-17)29-22(32)5-7-27/h13-15,17,20H,1-6,8-12H2,(H,29,32). The Hall–Kier alpha value is -2.78. The minimum absolute atomic E-state index is 0.0247. The molecule has 1 saturated heterocycles. The molecular weight excluding hydrogens is 419 g/mol. The number of nitrogens with one attached hydrogen (secondary N) is 1. The van der Waals surface area contributed by atoms with Crippen LogP contribution in [0, 0.1) is 28.6 Å². The molecule has 0 aromatic heterocycles. The lowest BCUT2D eigenvalue weighted by atomic mass is 9.84. The maximum absolute atomic E-state index is 13.1. The molecule has 1 saturated carbocycles. The predicted molar refractivity (Wildman–Crippen MR) is 114 cm³/mol. The number of alkyl halides is 3. The normalized spacial score (nSPS) is 22.1. The number of rotatable bonds is 6. The van der Waals surface area contributed by atoms with E-state index in [9.17, 15) is 18.0 Å². The molecule has 1 aliphatic carbocycles. The minimum Gasteiger partial charge on any atom is -0.369 e. The number of benzene rings is 1. The number of hydrogen-bond donors (Lipinski definition) is 1. The van der Waals surface area contributed by atoms with Crippen LogP contribution in [0.25, 0.3) is 0 Å². The van der Waals surface area contributed by atoms with Crippen molar-refractivity contribution in [3.8, 4) is 12.1 Å². The van der Waals surface area contributed by atoms with Gasteiger partial charge in [-0.05, 0) is 62.8 Å². The Labute approximate surface area is 186 Å². The molecule has 0 spiro atoms. The van der Waals surface area contributed by atoms with Crippen molar-refractivity contribution in [2.24, 2.45) is 5.92 Å². The molecule has 0 unspecified atom stereocenters. The molecule has 1 heterocycles. The summed E-state index contributed by atoms with van der Waals surface area (Å²) < 4.78 is 39.4. The number of carbonyl (C=O) groups excluding carboxylic acids is 1. The van der Waals surface area contributed by atoms with Gasteiger partial charge in [0.25, 0.3) is 0 Å². The summed E-state index contributed by atoms with van der Waals surface area (Å²) in [4.78, 5) is 15.8. The zero-order chi connectivity index (χ0) is 23.1. The monoisotopic (exact) mass is 447 g/mol. The number of hydrogen-bond acceptors (Lipinski definition) is 5. The maximum atomic E-state index is 13.1. The van der Waals surface area contributed by atoms with Crippen LogP contribution in [0.2, 0.25) is 0 Å². The molecule has 0 radical (unpaired) electrons. The van der Waals surface area contributed by atoms with Crippen LogP contribution in [-0.4, -0.2) is 49.6 Å². The average molecular weight is 448 g/mol. The van der Waals surface area contributed by atoms with Crippen molar-refractivity contribution >= 4 is 11.6 Å². The molecule has 172 valence electrons. The number of carbonyl (C=O) groups is 1. The highest BCUT2D eigenvalue weighted by Gasteiger charge is 2.32. The molecule has 0 atom stereocenters. The van der Waals surface area contributed by atoms with Gasteiger partial charge in [-0.25, -0.2) is 0 Å². The van der Waals surface area contributed by atoms with Gasteiger partial charge < -0.3 is 10.2 Å². The van der Waals surface area contributed by atoms with E-state index in [4.69, 9.17) is 10.5 Å². The number of nitriles is 2. The number of piperazine rings is 1. The molecule has 3 rings (SSSR count). The van der Waals surface area contributed by atoms with E-state index in [1.165, 1.54) is 6.07 Å². The van der Waals surface area contributed by atoms with E-state index in [2.05, 4.69) is 10.2 Å². The van der Waals surface area contributed by atoms with Crippen molar-refractivity contribution in [1.82, 2.24) is 10.2 Å². The fourth-order valence-corrected chi connectivity index (χ4v) is 4.56. The van der Waals surface area contributed by atoms with Crippen molar-refractivity contribution < 1.29 is 18.0 Å². The second-order valence-electron chi connectivity index (χ2n) is 8.62. The van der Waals surface area contributed by atoms with Crippen LogP contribution in [0.3, 0.4) is 0 Å². The van der Waals surface area contributed by atoms with Crippen LogP contribution in [0.15, 0.2) is 18.2 Å². The maximum Gasteiger partial charge on any atom is 0.416 e. The third kappa shape index (κ3) is 6.61. The lowest BCUT2D eigenvalue weighted by Gasteiger charge is -2.37. The molecule has 1 amide bonds. The summed E-state index contributed by atoms with van der Waals surface area (Å²) in [5.74, 6) is 0.412. The predicted octanol–water partition coefficient (Wildman–Crippen LogP) is 3.68. The third-order valence-corrected chi connectivity index (χ3v) is 6.42. The van der Waals surface area contributed by atoms with E-state index in [0.717, 1.165) is 63.9 Å². The zero-order valence-electron chi connectivity index (χ0n) is 18.0. The van der Waals surface area contributed by atoms with Crippen molar-refractivity contribution in [2.45, 2.75) is 50.7 Å². The van der Waals surface area contributed by atoms with Crippen LogP contribution in [0.4, 0.5) is 18.9 Å². The van der Waals surface area contributed by atoms with Crippen molar-refractivity contribution in [3.63, 3.8) is 0 Å². The molecule has 6 nitrogen and oxygen atoms in total. The Morgan fingerprint density at radius 3 is 2.34 bits per heavy atom. The van der Waals surface area contributed by atoms with Gasteiger partial charge in [0.1, 0.15) is 6.42 Å². The third-order valence-electron chi connectivity index (χ3n) is 6.42. The Kier molecular flexibility index (Phi) is 7.98. The van der Waals surface area contributed by atoms with Crippen LogP contribution in [-0.2, 0) is 11.0 Å². The lowest BCUT2D eigenvalue weighted by Crippen LogP contribution is -2.47. The highest BCUT2D eigenvalue weighted by atomic mass is 19.4. The molecule has 0 bridgehead atoms. The lowest BCUT2D eigenvalue weighted by molar-refractivity contribution is -0.137. The first-order valence-electron chi connectivity index (χ1n) is 11.0. The average Bonchev–Trinajstić information content (AvgIpc) is 2.78. The van der Waals surface area contributed by atoms with Crippen molar-refractivity contribution in [3.05, 3.63) is 29.3 Å². The SMILES string of the molecule is N#CCC(=O)NC1CCC(CCN2CCN(c3cc(C#N)cc(C(F)(F)F)c3)CC2)CC1. The highest BCUT2D eigenvalue weighted by Crippen LogP contribution is 2.33. The van der Waals surface area contributed by atoms with E-state index in [0.29, 0.717) is 24.7 Å². The summed E-state index contributed by atoms with van der Waals surface area (Å²) >= 11 is 0. The molecule has 1 aromatic carbocycles. The Morgan fingerprint density at radius 2 is 1.75 bits per heavy atom. The van der Waals surface area contributed by atoms with Gasteiger partial charge in [-0.15, -0.1) is 0 Å². The van der Waals surface area contributed by atoms with E-state index in [1.807, 2.05) is 17.0 Å². The highest BCUT2D eigenvalue weighted by molar-refractivity contribution is 5.78. The van der Waals surface area contributed by atoms with Crippen LogP contribution >= 0.6 is 0 Å². The fourth-order valence-electron chi connectivity index (χ4n) is 4.56. The zero-order valence-corrected chi connectivity index (χ0v) is 18.0. The summed E-state index contributed by atoms with van der Waals surface area (Å²) in [7, 11) is 0. The first-order chi connectivity index (χ1) is 15.3. The number of amides is 1. The number of anilines is 1. The van der Waals surface area contributed by atoms with Crippen molar-refractivity contribution in [2.75, 3.05) is 37.6 Å². The quantitative estimate of drug-likeness (QED) is 0.719. The topological polar surface area (TPSA) is 83.2 Å². The number of nitrogens with zero attached hydrogens (tertiary/aromatic N) is 4. The molecule has 9 heteroatoms. The summed E-state index contributed by atoms with van der Waals surface area (Å²) in [6.45, 7) is 3.76. The van der Waals surface area contributed by atoms with Gasteiger partial charge in [0, 0.05) is 37.9 Å². The molecule has 1 N–H and O–H groups in total. The van der Waals surface area contributed by atoms with Gasteiger partial charge in [0.2, 0.25) is 5.91 Å². The first-order valence-corrected chi connectivity index (χ1v) is 11.0. The van der Waals surface area contributed by atoms with Gasteiger partial charge >= 0.3 is 6.18 Å². The second kappa shape index (κ2) is 10.7. The van der Waals surface area contributed by atoms with E-state index in [1.54, 1.807) is 0 Å².